The summed E-state index contributed by atoms with van der Waals surface area (Å²) in [5.74, 6) is 0.0395. The molecule has 3 rings (SSSR count). The maximum absolute atomic E-state index is 11.5. The number of carbonyl (C=O) groups excluding carboxylic acids is 1. The van der Waals surface area contributed by atoms with Crippen LogP contribution in [0.2, 0.25) is 0 Å². The Bertz CT molecular complexity index is 748. The number of ketones is 1. The van der Waals surface area contributed by atoms with Crippen LogP contribution in [0.25, 0.3) is 0 Å². The molecule has 0 N–H and O–H groups in total. The van der Waals surface area contributed by atoms with Crippen LogP contribution in [0, 0.1) is 0 Å². The summed E-state index contributed by atoms with van der Waals surface area (Å²) in [6, 6.07) is 20.7. The van der Waals surface area contributed by atoms with E-state index in [1.54, 1.807) is 13.0 Å². The highest BCUT2D eigenvalue weighted by Gasteiger charge is 2.29. The molecule has 2 aromatic rings. The maximum atomic E-state index is 11.5. The molecule has 0 spiro atoms. The van der Waals surface area contributed by atoms with Crippen LogP contribution in [0.3, 0.4) is 0 Å². The molecular formula is C20H20N2O. The van der Waals surface area contributed by atoms with Gasteiger partial charge in [-0.15, -0.1) is 0 Å². The second-order valence-electron chi connectivity index (χ2n) is 5.78. The summed E-state index contributed by atoms with van der Waals surface area (Å²) in [4.78, 5) is 11.5. The Morgan fingerprint density at radius 1 is 1.04 bits per heavy atom. The minimum atomic E-state index is 0.0395. The van der Waals surface area contributed by atoms with Crippen LogP contribution in [-0.4, -0.2) is 16.5 Å². The number of hydrogen-bond donors (Lipinski definition) is 0. The normalized spacial score (nSPS) is 18.0. The summed E-state index contributed by atoms with van der Waals surface area (Å²) in [6.45, 7) is 3.51. The van der Waals surface area contributed by atoms with Crippen molar-refractivity contribution in [2.24, 2.45) is 5.10 Å². The Hall–Kier alpha value is -2.68. The molecule has 0 aliphatic carbocycles. The number of hydrogen-bond acceptors (Lipinski definition) is 3. The molecule has 1 heterocycles. The number of nitrogens with zero attached hydrogens (tertiary/aromatic N) is 2. The van der Waals surface area contributed by atoms with Gasteiger partial charge in [-0.05, 0) is 25.0 Å². The smallest absolute Gasteiger partial charge is 0.154 e. The third-order valence-electron chi connectivity index (χ3n) is 3.98. The molecule has 3 heteroatoms. The van der Waals surface area contributed by atoms with Crippen molar-refractivity contribution in [1.29, 1.82) is 0 Å². The van der Waals surface area contributed by atoms with E-state index >= 15 is 0 Å². The van der Waals surface area contributed by atoms with Crippen molar-refractivity contribution in [2.45, 2.75) is 26.3 Å². The Labute approximate surface area is 136 Å². The van der Waals surface area contributed by atoms with Gasteiger partial charge >= 0.3 is 0 Å². The lowest BCUT2D eigenvalue weighted by Crippen LogP contribution is -2.18. The molecule has 116 valence electrons. The molecule has 1 atom stereocenters. The van der Waals surface area contributed by atoms with Gasteiger partial charge in [-0.1, -0.05) is 60.7 Å². The van der Waals surface area contributed by atoms with Crippen LogP contribution in [0.1, 0.15) is 37.4 Å². The van der Waals surface area contributed by atoms with Gasteiger partial charge in [0.15, 0.2) is 5.78 Å². The van der Waals surface area contributed by atoms with Gasteiger partial charge in [-0.2, -0.15) is 5.10 Å². The van der Waals surface area contributed by atoms with Crippen molar-refractivity contribution in [1.82, 2.24) is 5.01 Å². The molecule has 2 aromatic carbocycles. The van der Waals surface area contributed by atoms with Crippen LogP contribution in [0.4, 0.5) is 0 Å². The monoisotopic (exact) mass is 304 g/mol. The van der Waals surface area contributed by atoms with E-state index in [0.717, 1.165) is 23.4 Å². The van der Waals surface area contributed by atoms with Gasteiger partial charge < -0.3 is 0 Å². The van der Waals surface area contributed by atoms with Gasteiger partial charge in [-0.3, -0.25) is 9.80 Å². The van der Waals surface area contributed by atoms with Crippen LogP contribution in [-0.2, 0) is 4.79 Å². The van der Waals surface area contributed by atoms with E-state index in [1.165, 1.54) is 5.56 Å². The predicted molar refractivity (Wildman–Crippen MR) is 93.1 cm³/mol. The maximum Gasteiger partial charge on any atom is 0.154 e. The van der Waals surface area contributed by atoms with E-state index in [2.05, 4.69) is 24.3 Å². The van der Waals surface area contributed by atoms with Gasteiger partial charge in [0.25, 0.3) is 0 Å². The van der Waals surface area contributed by atoms with E-state index < -0.39 is 0 Å². The summed E-state index contributed by atoms with van der Waals surface area (Å²) >= 11 is 0. The quantitative estimate of drug-likeness (QED) is 0.788. The van der Waals surface area contributed by atoms with Gasteiger partial charge in [0.05, 0.1) is 11.8 Å². The molecule has 1 aliphatic heterocycles. The largest absolute Gasteiger partial charge is 0.295 e. The molecule has 0 amide bonds. The highest BCUT2D eigenvalue weighted by molar-refractivity contribution is 6.02. The number of allylic oxidation sites excluding steroid dienone is 2. The van der Waals surface area contributed by atoms with Crippen LogP contribution >= 0.6 is 0 Å². The first-order chi connectivity index (χ1) is 11.1. The fourth-order valence-corrected chi connectivity index (χ4v) is 2.94. The molecule has 3 nitrogen and oxygen atoms in total. The fraction of sp³-hybridized carbons (Fsp3) is 0.200. The summed E-state index contributed by atoms with van der Waals surface area (Å²) in [7, 11) is 0. The van der Waals surface area contributed by atoms with E-state index in [1.807, 2.05) is 48.3 Å². The van der Waals surface area contributed by atoms with Crippen LogP contribution in [0.5, 0.6) is 0 Å². The summed E-state index contributed by atoms with van der Waals surface area (Å²) in [5.41, 5.74) is 4.26. The van der Waals surface area contributed by atoms with Gasteiger partial charge in [-0.25, -0.2) is 0 Å². The lowest BCUT2D eigenvalue weighted by Gasteiger charge is -2.24. The highest BCUT2D eigenvalue weighted by Crippen LogP contribution is 2.35. The number of hydrazone groups is 1. The van der Waals surface area contributed by atoms with Gasteiger partial charge in [0, 0.05) is 18.2 Å². The first-order valence-corrected chi connectivity index (χ1v) is 7.81. The molecular weight excluding hydrogens is 284 g/mol. The average Bonchev–Trinajstić information content (AvgIpc) is 3.01. The standard InChI is InChI=1S/C20H20N2O/c1-15(13-16(2)23)22-20(18-11-7-4-8-12-18)14-19(21-22)17-9-5-3-6-10-17/h3-13,20H,14H2,1-2H3/b15-13+/t20-/m1/s1. The van der Waals surface area contributed by atoms with Crippen molar-refractivity contribution in [3.05, 3.63) is 83.6 Å². The topological polar surface area (TPSA) is 32.7 Å². The van der Waals surface area contributed by atoms with E-state index in [9.17, 15) is 4.79 Å². The zero-order valence-electron chi connectivity index (χ0n) is 13.4. The van der Waals surface area contributed by atoms with Crippen molar-refractivity contribution >= 4 is 11.5 Å². The molecule has 0 saturated carbocycles. The van der Waals surface area contributed by atoms with Crippen LogP contribution < -0.4 is 0 Å². The summed E-state index contributed by atoms with van der Waals surface area (Å²) < 4.78 is 0. The first kappa shape index (κ1) is 15.2. The predicted octanol–water partition coefficient (Wildman–Crippen LogP) is 4.33. The lowest BCUT2D eigenvalue weighted by molar-refractivity contribution is -0.112. The number of benzene rings is 2. The van der Waals surface area contributed by atoms with Crippen molar-refractivity contribution < 1.29 is 4.79 Å². The van der Waals surface area contributed by atoms with Crippen LogP contribution in [0.15, 0.2) is 77.5 Å². The first-order valence-electron chi connectivity index (χ1n) is 7.81. The molecule has 0 saturated heterocycles. The Kier molecular flexibility index (Phi) is 4.38. The zero-order chi connectivity index (χ0) is 16.2. The minimum Gasteiger partial charge on any atom is -0.295 e. The van der Waals surface area contributed by atoms with Gasteiger partial charge in [0.2, 0.25) is 0 Å². The van der Waals surface area contributed by atoms with E-state index in [4.69, 9.17) is 5.10 Å². The second kappa shape index (κ2) is 6.61. The molecule has 0 radical (unpaired) electrons. The Balaban J connectivity index is 1.98. The minimum absolute atomic E-state index is 0.0395. The average molecular weight is 304 g/mol. The highest BCUT2D eigenvalue weighted by atomic mass is 16.1. The molecule has 0 bridgehead atoms. The van der Waals surface area contributed by atoms with E-state index in [0.29, 0.717) is 0 Å². The second-order valence-corrected chi connectivity index (χ2v) is 5.78. The molecule has 0 aromatic heterocycles. The molecule has 0 unspecified atom stereocenters. The lowest BCUT2D eigenvalue weighted by atomic mass is 9.98. The van der Waals surface area contributed by atoms with Crippen molar-refractivity contribution in [3.8, 4) is 0 Å². The molecule has 1 aliphatic rings. The Morgan fingerprint density at radius 2 is 1.65 bits per heavy atom. The van der Waals surface area contributed by atoms with Crippen molar-refractivity contribution in [3.63, 3.8) is 0 Å². The van der Waals surface area contributed by atoms with E-state index in [-0.39, 0.29) is 11.8 Å². The number of rotatable bonds is 4. The van der Waals surface area contributed by atoms with Crippen molar-refractivity contribution in [2.75, 3.05) is 0 Å². The summed E-state index contributed by atoms with van der Waals surface area (Å²) in [6.07, 6.45) is 2.48. The Morgan fingerprint density at radius 3 is 2.26 bits per heavy atom. The summed E-state index contributed by atoms with van der Waals surface area (Å²) in [5, 5.41) is 6.77. The van der Waals surface area contributed by atoms with Gasteiger partial charge in [0.1, 0.15) is 0 Å². The third-order valence-corrected chi connectivity index (χ3v) is 3.98. The molecule has 23 heavy (non-hydrogen) atoms. The number of carbonyl (C=O) groups is 1. The third kappa shape index (κ3) is 3.39. The SMILES string of the molecule is CC(=O)/C=C(\C)N1N=C(c2ccccc2)C[C@@H]1c1ccccc1. The fourth-order valence-electron chi connectivity index (χ4n) is 2.94. The molecule has 0 fully saturated rings. The zero-order valence-corrected chi connectivity index (χ0v) is 13.4.